The minimum atomic E-state index is -4.60. The average molecular weight is 831 g/mol. The summed E-state index contributed by atoms with van der Waals surface area (Å²) in [5.74, 6) is -2.01. The number of unbranched alkanes of at least 4 members (excludes halogenated alkanes) is 18. The fourth-order valence-corrected chi connectivity index (χ4v) is 7.20. The van der Waals surface area contributed by atoms with Crippen molar-refractivity contribution in [3.8, 4) is 0 Å². The molecule has 1 heterocycles. The molecule has 6 atom stereocenters. The number of rotatable bonds is 36. The molecule has 2 unspecified atom stereocenters. The van der Waals surface area contributed by atoms with Crippen LogP contribution in [-0.2, 0) is 38.7 Å². The van der Waals surface area contributed by atoms with Gasteiger partial charge in [-0.15, -0.1) is 0 Å². The Morgan fingerprint density at radius 1 is 0.596 bits per heavy atom. The van der Waals surface area contributed by atoms with E-state index < -0.39 is 71.2 Å². The lowest BCUT2D eigenvalue weighted by Crippen LogP contribution is -2.60. The lowest BCUT2D eigenvalue weighted by molar-refractivity contribution is -0.297. The van der Waals surface area contributed by atoms with E-state index in [1.807, 2.05) is 0 Å². The van der Waals surface area contributed by atoms with Gasteiger partial charge in [-0.3, -0.25) is 14.1 Å². The highest BCUT2D eigenvalue weighted by atomic mass is 32.2. The molecule has 0 aliphatic carbocycles. The molecule has 12 nitrogen and oxygen atoms in total. The Morgan fingerprint density at radius 2 is 1.05 bits per heavy atom. The van der Waals surface area contributed by atoms with Crippen LogP contribution in [0.3, 0.4) is 0 Å². The van der Waals surface area contributed by atoms with Crippen LogP contribution in [0.2, 0.25) is 0 Å². The Kier molecular flexibility index (Phi) is 32.2. The summed E-state index contributed by atoms with van der Waals surface area (Å²) in [4.78, 5) is 25.3. The lowest BCUT2D eigenvalue weighted by Gasteiger charge is -2.40. The number of aliphatic hydroxyl groups excluding tert-OH is 3. The predicted molar refractivity (Wildman–Crippen MR) is 224 cm³/mol. The van der Waals surface area contributed by atoms with Gasteiger partial charge in [-0.2, -0.15) is 8.42 Å². The van der Waals surface area contributed by atoms with Crippen molar-refractivity contribution in [2.45, 2.75) is 211 Å². The van der Waals surface area contributed by atoms with E-state index in [9.17, 15) is 37.9 Å². The first-order chi connectivity index (χ1) is 27.5. The van der Waals surface area contributed by atoms with Crippen LogP contribution in [0, 0.1) is 0 Å². The van der Waals surface area contributed by atoms with Gasteiger partial charge >= 0.3 is 11.9 Å². The van der Waals surface area contributed by atoms with Crippen molar-refractivity contribution >= 4 is 22.1 Å². The summed E-state index contributed by atoms with van der Waals surface area (Å²) in [5, 5.41) is 30.8. The van der Waals surface area contributed by atoms with Gasteiger partial charge in [0.2, 0.25) is 0 Å². The van der Waals surface area contributed by atoms with Crippen LogP contribution in [-0.4, -0.2) is 96.0 Å². The summed E-state index contributed by atoms with van der Waals surface area (Å²) >= 11 is 0. The number of carbonyl (C=O) groups excluding carboxylic acids is 2. The van der Waals surface area contributed by atoms with Gasteiger partial charge in [-0.25, -0.2) is 0 Å². The van der Waals surface area contributed by atoms with Crippen molar-refractivity contribution in [1.29, 1.82) is 0 Å². The number of hydrogen-bond acceptors (Lipinski definition) is 11. The molecule has 332 valence electrons. The zero-order valence-corrected chi connectivity index (χ0v) is 36.0. The highest BCUT2D eigenvalue weighted by Gasteiger charge is 2.46. The third kappa shape index (κ3) is 29.7. The monoisotopic (exact) mass is 831 g/mol. The molecular weight excluding hydrogens is 753 g/mol. The predicted octanol–water partition coefficient (Wildman–Crippen LogP) is 8.61. The van der Waals surface area contributed by atoms with E-state index in [0.717, 1.165) is 64.2 Å². The average Bonchev–Trinajstić information content (AvgIpc) is 3.17. The number of ether oxygens (including phenoxy) is 4. The van der Waals surface area contributed by atoms with Crippen molar-refractivity contribution in [3.05, 3.63) is 36.5 Å². The first-order valence-electron chi connectivity index (χ1n) is 22.0. The van der Waals surface area contributed by atoms with Crippen molar-refractivity contribution in [1.82, 2.24) is 0 Å². The third-order valence-corrected chi connectivity index (χ3v) is 10.7. The number of aliphatic hydroxyl groups is 3. The van der Waals surface area contributed by atoms with Gasteiger partial charge < -0.3 is 34.3 Å². The first-order valence-corrected chi connectivity index (χ1v) is 23.7. The van der Waals surface area contributed by atoms with Crippen LogP contribution in [0.5, 0.6) is 0 Å². The minimum absolute atomic E-state index is 0.161. The number of esters is 2. The van der Waals surface area contributed by atoms with Gasteiger partial charge in [0.15, 0.2) is 12.4 Å². The smallest absolute Gasteiger partial charge is 0.306 e. The van der Waals surface area contributed by atoms with E-state index in [4.69, 9.17) is 18.9 Å². The van der Waals surface area contributed by atoms with Crippen LogP contribution >= 0.6 is 0 Å². The Hall–Kier alpha value is -2.13. The van der Waals surface area contributed by atoms with Crippen molar-refractivity contribution < 1.29 is 56.8 Å². The maximum atomic E-state index is 12.8. The molecule has 0 amide bonds. The standard InChI is InChI=1S/C44H78O12S/c1-3-5-7-9-11-13-15-17-18-19-20-21-23-24-26-28-30-32-39(45)53-34-37(35-54-44-43(49)42(48)41(47)38(56-44)36-57(50,51)52)55-40(46)33-31-29-27-25-22-16-14-12-10-8-6-4-2/h11,13,17-18,20-21,37-38,41-44,47-49H,3-10,12,14-16,19,22-36H2,1-2H3,(H,50,51,52)/b13-11+,18-17+,21-20+/t37-,38-,41-,42?,43?,44+/m1/s1. The largest absolute Gasteiger partial charge is 0.462 e. The molecule has 0 aromatic heterocycles. The molecule has 1 aliphatic heterocycles. The van der Waals surface area contributed by atoms with Gasteiger partial charge in [0.25, 0.3) is 10.1 Å². The van der Waals surface area contributed by atoms with Gasteiger partial charge in [0.05, 0.1) is 6.61 Å². The van der Waals surface area contributed by atoms with E-state index >= 15 is 0 Å². The summed E-state index contributed by atoms with van der Waals surface area (Å²) in [6.45, 7) is 3.70. The quantitative estimate of drug-likeness (QED) is 0.0204. The summed E-state index contributed by atoms with van der Waals surface area (Å²) in [7, 11) is -4.60. The number of allylic oxidation sites excluding steroid dienone is 6. The summed E-state index contributed by atoms with van der Waals surface area (Å²) < 4.78 is 54.0. The summed E-state index contributed by atoms with van der Waals surface area (Å²) in [6, 6.07) is 0. The maximum Gasteiger partial charge on any atom is 0.306 e. The highest BCUT2D eigenvalue weighted by Crippen LogP contribution is 2.24. The van der Waals surface area contributed by atoms with Crippen LogP contribution in [0.25, 0.3) is 0 Å². The Morgan fingerprint density at radius 3 is 1.60 bits per heavy atom. The molecule has 4 N–H and O–H groups in total. The normalized spacial score (nSPS) is 20.8. The highest BCUT2D eigenvalue weighted by molar-refractivity contribution is 7.85. The second kappa shape index (κ2) is 34.7. The molecule has 0 aromatic rings. The molecule has 1 fully saturated rings. The Balaban J connectivity index is 2.47. The topological polar surface area (TPSA) is 186 Å². The van der Waals surface area contributed by atoms with Crippen molar-refractivity contribution in [2.75, 3.05) is 19.0 Å². The molecule has 1 aliphatic rings. The zero-order valence-electron chi connectivity index (χ0n) is 35.2. The van der Waals surface area contributed by atoms with Gasteiger partial charge in [0.1, 0.15) is 36.8 Å². The maximum absolute atomic E-state index is 12.8. The van der Waals surface area contributed by atoms with E-state index in [1.54, 1.807) is 0 Å². The van der Waals surface area contributed by atoms with E-state index in [2.05, 4.69) is 50.3 Å². The van der Waals surface area contributed by atoms with Gasteiger partial charge in [-0.1, -0.05) is 147 Å². The zero-order chi connectivity index (χ0) is 42.0. The molecule has 0 radical (unpaired) electrons. The second-order valence-electron chi connectivity index (χ2n) is 15.4. The first kappa shape index (κ1) is 52.9. The number of hydrogen-bond donors (Lipinski definition) is 4. The molecule has 0 spiro atoms. The van der Waals surface area contributed by atoms with Crippen LogP contribution in [0.15, 0.2) is 36.5 Å². The van der Waals surface area contributed by atoms with Gasteiger partial charge in [0, 0.05) is 12.8 Å². The number of carbonyl (C=O) groups is 2. The molecule has 57 heavy (non-hydrogen) atoms. The lowest BCUT2D eigenvalue weighted by atomic mass is 10.00. The van der Waals surface area contributed by atoms with Crippen LogP contribution in [0.4, 0.5) is 0 Å². The molecule has 0 bridgehead atoms. The fourth-order valence-electron chi connectivity index (χ4n) is 6.51. The SMILES string of the molecule is CCCCC/C=C/C/C=C/C/C=C/CCCCCCC(=O)OC[C@H](CO[C@H]1O[C@H](CS(=O)(=O)O)[C@@H](O)C(O)C1O)OC(=O)CCCCCCCCCCCCCC. The Labute approximate surface area is 344 Å². The van der Waals surface area contributed by atoms with Crippen LogP contribution in [0.1, 0.15) is 174 Å². The van der Waals surface area contributed by atoms with Crippen molar-refractivity contribution in [3.63, 3.8) is 0 Å². The van der Waals surface area contributed by atoms with Crippen molar-refractivity contribution in [2.24, 2.45) is 0 Å². The molecule has 1 rings (SSSR count). The minimum Gasteiger partial charge on any atom is -0.462 e. The van der Waals surface area contributed by atoms with Gasteiger partial charge in [-0.05, 0) is 51.4 Å². The van der Waals surface area contributed by atoms with E-state index in [0.29, 0.717) is 12.8 Å². The molecular formula is C44H78O12S. The fraction of sp³-hybridized carbons (Fsp3) is 0.818. The molecule has 13 heteroatoms. The third-order valence-electron chi connectivity index (χ3n) is 9.97. The molecule has 1 saturated heterocycles. The molecule has 0 aromatic carbocycles. The van der Waals surface area contributed by atoms with Crippen LogP contribution < -0.4 is 0 Å². The van der Waals surface area contributed by atoms with E-state index in [1.165, 1.54) is 70.6 Å². The van der Waals surface area contributed by atoms with E-state index in [-0.39, 0.29) is 19.4 Å². The second-order valence-corrected chi connectivity index (χ2v) is 16.9. The summed E-state index contributed by atoms with van der Waals surface area (Å²) in [6.07, 6.45) is 29.0. The summed E-state index contributed by atoms with van der Waals surface area (Å²) in [5.41, 5.74) is 0. The molecule has 0 saturated carbocycles. The Bertz CT molecular complexity index is 1200.